The summed E-state index contributed by atoms with van der Waals surface area (Å²) in [6, 6.07) is 0. The van der Waals surface area contributed by atoms with Gasteiger partial charge >= 0.3 is 38.7 Å². The summed E-state index contributed by atoms with van der Waals surface area (Å²) in [5.41, 5.74) is 0. The van der Waals surface area contributed by atoms with Crippen LogP contribution >= 0.6 is 11.7 Å². The van der Waals surface area contributed by atoms with E-state index in [0.717, 1.165) is 0 Å². The van der Waals surface area contributed by atoms with Crippen LogP contribution in [0.15, 0.2) is 0 Å². The van der Waals surface area contributed by atoms with Gasteiger partial charge in [-0.1, -0.05) is 0 Å². The second kappa shape index (κ2) is 5.95. The maximum atomic E-state index is 9.93. The quantitative estimate of drug-likeness (QED) is 0.265. The van der Waals surface area contributed by atoms with Crippen LogP contribution in [0.1, 0.15) is 0 Å². The zero-order chi connectivity index (χ0) is 7.49. The number of thiol groups is 1. The molecule has 0 radical (unpaired) electrons. The molecular formula is CH5NaO5S3. The van der Waals surface area contributed by atoms with E-state index in [1.165, 1.54) is 0 Å². The van der Waals surface area contributed by atoms with E-state index in [2.05, 4.69) is 15.8 Å². The molecule has 0 saturated carbocycles. The molecule has 0 aromatic heterocycles. The SMILES string of the molecule is O=S(O)COS(=O)(=O)S.[NaH]. The Hall–Kier alpha value is 1.37. The molecule has 0 heterocycles. The molecule has 10 heavy (non-hydrogen) atoms. The van der Waals surface area contributed by atoms with Gasteiger partial charge in [0.15, 0.2) is 17.0 Å². The summed E-state index contributed by atoms with van der Waals surface area (Å²) in [6.45, 7) is 0. The van der Waals surface area contributed by atoms with Crippen molar-refractivity contribution in [2.75, 3.05) is 5.94 Å². The average molecular weight is 216 g/mol. The summed E-state index contributed by atoms with van der Waals surface area (Å²) >= 11 is 0.671. The molecule has 5 nitrogen and oxygen atoms in total. The van der Waals surface area contributed by atoms with Gasteiger partial charge in [-0.3, -0.25) is 0 Å². The Bertz CT molecular complexity index is 195. The van der Waals surface area contributed by atoms with E-state index in [0.29, 0.717) is 0 Å². The van der Waals surface area contributed by atoms with Crippen LogP contribution in [0.25, 0.3) is 0 Å². The van der Waals surface area contributed by atoms with Crippen molar-refractivity contribution in [3.8, 4) is 0 Å². The van der Waals surface area contributed by atoms with Crippen molar-refractivity contribution in [2.45, 2.75) is 0 Å². The molecule has 0 aromatic rings. The van der Waals surface area contributed by atoms with Crippen molar-refractivity contribution in [3.05, 3.63) is 0 Å². The van der Waals surface area contributed by atoms with E-state index in [4.69, 9.17) is 4.55 Å². The molecule has 0 aromatic carbocycles. The first kappa shape index (κ1) is 13.9. The van der Waals surface area contributed by atoms with Crippen LogP contribution in [0.5, 0.6) is 0 Å². The van der Waals surface area contributed by atoms with E-state index in [9.17, 15) is 12.6 Å². The average Bonchev–Trinajstić information content (AvgIpc) is 1.59. The van der Waals surface area contributed by atoms with Crippen molar-refractivity contribution in [3.63, 3.8) is 0 Å². The molecule has 0 spiro atoms. The Balaban J connectivity index is 0. The molecule has 1 N–H and O–H groups in total. The van der Waals surface area contributed by atoms with Gasteiger partial charge in [0.2, 0.25) is 0 Å². The predicted molar refractivity (Wildman–Crippen MR) is 41.8 cm³/mol. The summed E-state index contributed by atoms with van der Waals surface area (Å²) in [5, 5.41) is 0. The summed E-state index contributed by atoms with van der Waals surface area (Å²) in [7, 11) is -3.88. The molecule has 9 heteroatoms. The van der Waals surface area contributed by atoms with E-state index in [1.54, 1.807) is 0 Å². The first-order chi connectivity index (χ1) is 3.92. The monoisotopic (exact) mass is 216 g/mol. The molecule has 58 valence electrons. The Labute approximate surface area is 88.0 Å². The van der Waals surface area contributed by atoms with Gasteiger partial charge in [-0.25, -0.2) is 8.39 Å². The molecule has 0 fully saturated rings. The minimum absolute atomic E-state index is 0. The molecule has 1 unspecified atom stereocenters. The molecule has 0 bridgehead atoms. The second-order valence-electron chi connectivity index (χ2n) is 0.985. The van der Waals surface area contributed by atoms with Gasteiger partial charge in [0.1, 0.15) is 0 Å². The van der Waals surface area contributed by atoms with Crippen molar-refractivity contribution < 1.29 is 21.4 Å². The fraction of sp³-hybridized carbons (Fsp3) is 1.00. The minimum atomic E-state index is -3.88. The maximum absolute atomic E-state index is 9.93. The molecule has 0 aliphatic heterocycles. The van der Waals surface area contributed by atoms with E-state index >= 15 is 0 Å². The third kappa shape index (κ3) is 12.1. The third-order valence-electron chi connectivity index (χ3n) is 0.298. The number of hydrogen-bond acceptors (Lipinski definition) is 4. The second-order valence-corrected chi connectivity index (χ2v) is 4.30. The van der Waals surface area contributed by atoms with Gasteiger partial charge in [0.25, 0.3) is 0 Å². The van der Waals surface area contributed by atoms with E-state index in [-0.39, 0.29) is 29.6 Å². The van der Waals surface area contributed by atoms with Gasteiger partial charge in [0.05, 0.1) is 0 Å². The van der Waals surface area contributed by atoms with Gasteiger partial charge in [-0.2, -0.15) is 8.42 Å². The predicted octanol–water partition coefficient (Wildman–Crippen LogP) is -1.29. The van der Waals surface area contributed by atoms with Crippen LogP contribution in [0, 0.1) is 0 Å². The van der Waals surface area contributed by atoms with Crippen LogP contribution < -0.4 is 0 Å². The normalized spacial score (nSPS) is 13.8. The Kier molecular flexibility index (Phi) is 8.29. The molecule has 1 atom stereocenters. The van der Waals surface area contributed by atoms with Gasteiger partial charge < -0.3 is 4.55 Å². The molecule has 0 amide bonds. The first-order valence-corrected chi connectivity index (χ1v) is 5.35. The standard InChI is InChI=1S/CH4O5S3.Na.H/c2-8(3)1-6-9(4,5)7;;/h1H2,(H,2,3)(H,4,5,7);;. The van der Waals surface area contributed by atoms with E-state index in [1.807, 2.05) is 0 Å². The summed E-state index contributed by atoms with van der Waals surface area (Å²) in [6.07, 6.45) is 0. The summed E-state index contributed by atoms with van der Waals surface area (Å²) in [4.78, 5) is 0. The summed E-state index contributed by atoms with van der Waals surface area (Å²) in [5.74, 6) is -0.772. The fourth-order valence-corrected chi connectivity index (χ4v) is 1.30. The Morgan fingerprint density at radius 3 is 2.10 bits per heavy atom. The fourth-order valence-electron chi connectivity index (χ4n) is 0.102. The van der Waals surface area contributed by atoms with Crippen molar-refractivity contribution in [1.29, 1.82) is 0 Å². The van der Waals surface area contributed by atoms with Gasteiger partial charge in [0, 0.05) is 0 Å². The van der Waals surface area contributed by atoms with Crippen LogP contribution in [-0.2, 0) is 24.4 Å². The molecule has 0 aliphatic carbocycles. The van der Waals surface area contributed by atoms with Gasteiger partial charge in [-0.05, 0) is 11.7 Å². The molecular weight excluding hydrogens is 211 g/mol. The van der Waals surface area contributed by atoms with E-state index < -0.39 is 26.2 Å². The van der Waals surface area contributed by atoms with Crippen LogP contribution in [0.2, 0.25) is 0 Å². The van der Waals surface area contributed by atoms with Gasteiger partial charge in [-0.15, -0.1) is 0 Å². The molecule has 0 saturated heterocycles. The topological polar surface area (TPSA) is 80.7 Å². The third-order valence-corrected chi connectivity index (χ3v) is 1.50. The Morgan fingerprint density at radius 1 is 1.60 bits per heavy atom. The van der Waals surface area contributed by atoms with Crippen LogP contribution in [-0.4, -0.2) is 52.7 Å². The van der Waals surface area contributed by atoms with Crippen molar-refractivity contribution in [1.82, 2.24) is 0 Å². The zero-order valence-corrected chi connectivity index (χ0v) is 6.58. The Morgan fingerprint density at radius 2 is 2.00 bits per heavy atom. The van der Waals surface area contributed by atoms with Crippen molar-refractivity contribution in [2.24, 2.45) is 0 Å². The summed E-state index contributed by atoms with van der Waals surface area (Å²) < 4.78 is 41.3. The van der Waals surface area contributed by atoms with Crippen LogP contribution in [0.4, 0.5) is 0 Å². The molecule has 0 aliphatic rings. The first-order valence-electron chi connectivity index (χ1n) is 1.61. The number of rotatable bonds is 3. The zero-order valence-electron chi connectivity index (χ0n) is 4.05. The van der Waals surface area contributed by atoms with Crippen molar-refractivity contribution >= 4 is 61.4 Å². The van der Waals surface area contributed by atoms with Crippen LogP contribution in [0.3, 0.4) is 0 Å². The molecule has 0 rings (SSSR count). The number of hydrogen-bond donors (Lipinski definition) is 2.